The molecule has 0 unspecified atom stereocenters. The van der Waals surface area contributed by atoms with Crippen LogP contribution >= 0.6 is 34.8 Å². The summed E-state index contributed by atoms with van der Waals surface area (Å²) in [7, 11) is 0. The minimum Gasteiger partial charge on any atom is -0.308 e. The molecule has 0 radical (unpaired) electrons. The van der Waals surface area contributed by atoms with Crippen molar-refractivity contribution in [2.24, 2.45) is 10.8 Å². The van der Waals surface area contributed by atoms with Crippen molar-refractivity contribution in [3.05, 3.63) is 63.1 Å². The Morgan fingerprint density at radius 3 is 2.37 bits per heavy atom. The van der Waals surface area contributed by atoms with E-state index in [1.54, 1.807) is 30.3 Å². The van der Waals surface area contributed by atoms with Crippen molar-refractivity contribution < 1.29 is 0 Å². The quantitative estimate of drug-likeness (QED) is 0.378. The molecule has 0 amide bonds. The summed E-state index contributed by atoms with van der Waals surface area (Å²) in [6.45, 7) is 0. The number of nitrogens with two attached hydrogens (primary N) is 1. The van der Waals surface area contributed by atoms with Gasteiger partial charge < -0.3 is 5.43 Å². The fourth-order valence-electron chi connectivity index (χ4n) is 1.51. The second-order valence-corrected chi connectivity index (χ2v) is 4.93. The standard InChI is InChI=1S/C13H10Cl3N3/c14-8-5-6-9(11(16)7-8)13(19-17)18-12-4-2-1-3-10(12)15/h1-7H,17H2,(H,18,19). The first-order chi connectivity index (χ1) is 9.11. The lowest BCUT2D eigenvalue weighted by atomic mass is 10.2. The van der Waals surface area contributed by atoms with Crippen LogP contribution in [0.1, 0.15) is 5.56 Å². The third kappa shape index (κ3) is 3.39. The third-order valence-corrected chi connectivity index (χ3v) is 3.28. The van der Waals surface area contributed by atoms with Crippen LogP contribution in [0.4, 0.5) is 5.69 Å². The molecule has 0 spiro atoms. The molecular weight excluding hydrogens is 305 g/mol. The van der Waals surface area contributed by atoms with E-state index in [0.29, 0.717) is 32.2 Å². The van der Waals surface area contributed by atoms with Crippen molar-refractivity contribution >= 4 is 46.3 Å². The van der Waals surface area contributed by atoms with Crippen LogP contribution in [0.25, 0.3) is 0 Å². The molecule has 0 heterocycles. The van der Waals surface area contributed by atoms with Gasteiger partial charge in [0.15, 0.2) is 0 Å². The van der Waals surface area contributed by atoms with Crippen LogP contribution in [-0.4, -0.2) is 5.84 Å². The van der Waals surface area contributed by atoms with Gasteiger partial charge in [0, 0.05) is 10.6 Å². The van der Waals surface area contributed by atoms with Gasteiger partial charge in [-0.15, -0.1) is 0 Å². The molecule has 0 aliphatic rings. The summed E-state index contributed by atoms with van der Waals surface area (Å²) in [5, 5.41) is 1.53. The van der Waals surface area contributed by atoms with Crippen LogP contribution in [0.2, 0.25) is 15.1 Å². The minimum atomic E-state index is 0.412. The number of nitrogens with zero attached hydrogens (tertiary/aromatic N) is 1. The fourth-order valence-corrected chi connectivity index (χ4v) is 2.19. The average molecular weight is 315 g/mol. The Bertz CT molecular complexity index is 626. The number of hydrogen-bond acceptors (Lipinski definition) is 2. The summed E-state index contributed by atoms with van der Waals surface area (Å²) in [5.41, 5.74) is 3.77. The number of hydrogen-bond donors (Lipinski definition) is 2. The summed E-state index contributed by atoms with van der Waals surface area (Å²) in [6.07, 6.45) is 0. The Labute approximate surface area is 126 Å². The maximum atomic E-state index is 6.12. The van der Waals surface area contributed by atoms with Gasteiger partial charge in [0.05, 0.1) is 15.7 Å². The molecule has 2 aromatic rings. The Balaban J connectivity index is 2.48. The summed E-state index contributed by atoms with van der Waals surface area (Å²) in [6, 6.07) is 12.3. The number of nitrogens with one attached hydrogen (secondary N) is 1. The Kier molecular flexibility index (Phi) is 4.66. The molecular formula is C13H10Cl3N3. The lowest BCUT2D eigenvalue weighted by Crippen LogP contribution is -2.31. The van der Waals surface area contributed by atoms with E-state index in [0.717, 1.165) is 0 Å². The second kappa shape index (κ2) is 6.26. The molecule has 0 aliphatic carbocycles. The molecule has 0 atom stereocenters. The molecule has 98 valence electrons. The van der Waals surface area contributed by atoms with Gasteiger partial charge in [-0.05, 0) is 30.3 Å². The highest BCUT2D eigenvalue weighted by Crippen LogP contribution is 2.26. The summed E-state index contributed by atoms with van der Waals surface area (Å²) >= 11 is 18.0. The maximum absolute atomic E-state index is 6.12. The zero-order chi connectivity index (χ0) is 13.8. The van der Waals surface area contributed by atoms with Gasteiger partial charge in [-0.1, -0.05) is 46.9 Å². The number of benzene rings is 2. The van der Waals surface area contributed by atoms with Gasteiger partial charge in [0.2, 0.25) is 0 Å². The van der Waals surface area contributed by atoms with Gasteiger partial charge in [0.1, 0.15) is 5.84 Å². The second-order valence-electron chi connectivity index (χ2n) is 3.68. The highest BCUT2D eigenvalue weighted by molar-refractivity contribution is 6.37. The van der Waals surface area contributed by atoms with Crippen molar-refractivity contribution in [1.29, 1.82) is 0 Å². The fraction of sp³-hybridized carbons (Fsp3) is 0. The number of amidine groups is 1. The smallest absolute Gasteiger partial charge is 0.149 e. The molecule has 0 saturated heterocycles. The van der Waals surface area contributed by atoms with Gasteiger partial charge >= 0.3 is 0 Å². The van der Waals surface area contributed by atoms with Crippen molar-refractivity contribution in [1.82, 2.24) is 5.43 Å². The van der Waals surface area contributed by atoms with Crippen molar-refractivity contribution in [3.8, 4) is 0 Å². The Hall–Kier alpha value is -1.26. The molecule has 0 aliphatic heterocycles. The molecule has 0 bridgehead atoms. The largest absolute Gasteiger partial charge is 0.308 e. The van der Waals surface area contributed by atoms with E-state index in [1.165, 1.54) is 0 Å². The molecule has 0 saturated carbocycles. The predicted molar refractivity (Wildman–Crippen MR) is 81.4 cm³/mol. The van der Waals surface area contributed by atoms with E-state index >= 15 is 0 Å². The van der Waals surface area contributed by atoms with Crippen LogP contribution in [0.5, 0.6) is 0 Å². The van der Waals surface area contributed by atoms with Crippen molar-refractivity contribution in [2.45, 2.75) is 0 Å². The molecule has 2 aromatic carbocycles. The van der Waals surface area contributed by atoms with Gasteiger partial charge in [0.25, 0.3) is 0 Å². The number of halogens is 3. The van der Waals surface area contributed by atoms with E-state index in [4.69, 9.17) is 40.6 Å². The van der Waals surface area contributed by atoms with Crippen LogP contribution < -0.4 is 11.3 Å². The average Bonchev–Trinajstić information content (AvgIpc) is 2.39. The monoisotopic (exact) mass is 313 g/mol. The van der Waals surface area contributed by atoms with E-state index in [-0.39, 0.29) is 0 Å². The SMILES string of the molecule is NN/C(=N\c1ccccc1Cl)c1ccc(Cl)cc1Cl. The topological polar surface area (TPSA) is 50.4 Å². The number of rotatable bonds is 2. The first-order valence-electron chi connectivity index (χ1n) is 5.37. The van der Waals surface area contributed by atoms with Crippen LogP contribution in [0.3, 0.4) is 0 Å². The zero-order valence-electron chi connectivity index (χ0n) is 9.70. The summed E-state index contributed by atoms with van der Waals surface area (Å²) < 4.78 is 0. The molecule has 6 heteroatoms. The van der Waals surface area contributed by atoms with Gasteiger partial charge in [-0.3, -0.25) is 0 Å². The van der Waals surface area contributed by atoms with Gasteiger partial charge in [-0.2, -0.15) is 0 Å². The van der Waals surface area contributed by atoms with Crippen LogP contribution in [0, 0.1) is 0 Å². The lowest BCUT2D eigenvalue weighted by molar-refractivity contribution is 1.02. The molecule has 3 nitrogen and oxygen atoms in total. The Morgan fingerprint density at radius 2 is 1.74 bits per heavy atom. The Morgan fingerprint density at radius 1 is 1.00 bits per heavy atom. The summed E-state index contributed by atoms with van der Waals surface area (Å²) in [4.78, 5) is 4.36. The van der Waals surface area contributed by atoms with E-state index in [2.05, 4.69) is 10.4 Å². The van der Waals surface area contributed by atoms with E-state index < -0.39 is 0 Å². The van der Waals surface area contributed by atoms with E-state index in [9.17, 15) is 0 Å². The molecule has 0 aromatic heterocycles. The van der Waals surface area contributed by atoms with Gasteiger partial charge in [-0.25, -0.2) is 10.8 Å². The molecule has 2 rings (SSSR count). The number of aliphatic imine (C=N–C) groups is 1. The predicted octanol–water partition coefficient (Wildman–Crippen LogP) is 4.19. The van der Waals surface area contributed by atoms with E-state index in [1.807, 2.05) is 12.1 Å². The highest BCUT2D eigenvalue weighted by atomic mass is 35.5. The molecule has 0 fully saturated rings. The number of para-hydroxylation sites is 1. The number of hydrazine groups is 1. The van der Waals surface area contributed by atoms with Crippen molar-refractivity contribution in [2.75, 3.05) is 0 Å². The molecule has 3 N–H and O–H groups in total. The zero-order valence-corrected chi connectivity index (χ0v) is 12.0. The third-order valence-electron chi connectivity index (χ3n) is 2.41. The molecule has 19 heavy (non-hydrogen) atoms. The highest BCUT2D eigenvalue weighted by Gasteiger charge is 2.09. The normalized spacial score (nSPS) is 11.5. The summed E-state index contributed by atoms with van der Waals surface area (Å²) in [5.74, 6) is 5.91. The maximum Gasteiger partial charge on any atom is 0.149 e. The van der Waals surface area contributed by atoms with Crippen molar-refractivity contribution in [3.63, 3.8) is 0 Å². The minimum absolute atomic E-state index is 0.412. The van der Waals surface area contributed by atoms with Crippen LogP contribution in [0.15, 0.2) is 47.5 Å². The first kappa shape index (κ1) is 14.2. The van der Waals surface area contributed by atoms with Crippen LogP contribution in [-0.2, 0) is 0 Å². The first-order valence-corrected chi connectivity index (χ1v) is 6.50. The lowest BCUT2D eigenvalue weighted by Gasteiger charge is -2.08.